The second kappa shape index (κ2) is 9.15. The molecule has 1 aromatic rings. The molecule has 128 valence electrons. The summed E-state index contributed by atoms with van der Waals surface area (Å²) in [4.78, 5) is 23.3. The van der Waals surface area contributed by atoms with E-state index in [1.165, 1.54) is 12.1 Å². The van der Waals surface area contributed by atoms with Crippen LogP contribution in [0.5, 0.6) is 5.75 Å². The minimum atomic E-state index is -1.07. The Labute approximate surface area is 136 Å². The summed E-state index contributed by atoms with van der Waals surface area (Å²) in [5.74, 6) is -0.972. The summed E-state index contributed by atoms with van der Waals surface area (Å²) >= 11 is 0. The van der Waals surface area contributed by atoms with Crippen LogP contribution >= 0.6 is 0 Å². The van der Waals surface area contributed by atoms with Crippen LogP contribution in [0.15, 0.2) is 18.2 Å². The monoisotopic (exact) mass is 323 g/mol. The van der Waals surface area contributed by atoms with Crippen LogP contribution in [0.1, 0.15) is 50.9 Å². The maximum absolute atomic E-state index is 12.2. The van der Waals surface area contributed by atoms with E-state index in [2.05, 4.69) is 5.32 Å². The van der Waals surface area contributed by atoms with Gasteiger partial charge in [-0.25, -0.2) is 4.79 Å². The van der Waals surface area contributed by atoms with Crippen LogP contribution < -0.4 is 10.1 Å². The molecule has 1 atom stereocenters. The Morgan fingerprint density at radius 3 is 2.52 bits per heavy atom. The Hall–Kier alpha value is -2.08. The van der Waals surface area contributed by atoms with Crippen LogP contribution in [-0.4, -0.2) is 35.8 Å². The van der Waals surface area contributed by atoms with Crippen molar-refractivity contribution in [3.8, 4) is 5.75 Å². The number of carbonyl (C=O) groups is 2. The topological polar surface area (TPSA) is 84.9 Å². The Balaban J connectivity index is 2.88. The summed E-state index contributed by atoms with van der Waals surface area (Å²) in [6.07, 6.45) is 1.15. The van der Waals surface area contributed by atoms with Crippen molar-refractivity contribution in [2.45, 2.75) is 52.7 Å². The molecule has 0 saturated carbocycles. The van der Waals surface area contributed by atoms with Crippen LogP contribution in [0.4, 0.5) is 5.69 Å². The number of carbonyl (C=O) groups excluding carboxylic acids is 1. The zero-order valence-corrected chi connectivity index (χ0v) is 14.1. The van der Waals surface area contributed by atoms with E-state index < -0.39 is 12.1 Å². The summed E-state index contributed by atoms with van der Waals surface area (Å²) < 4.78 is 11.1. The van der Waals surface area contributed by atoms with E-state index in [4.69, 9.17) is 14.6 Å². The number of ether oxygens (including phenoxy) is 2. The largest absolute Gasteiger partial charge is 0.489 e. The molecule has 0 aliphatic carbocycles. The zero-order chi connectivity index (χ0) is 17.4. The number of nitrogens with one attached hydrogen (secondary N) is 1. The third-order valence-electron chi connectivity index (χ3n) is 3.08. The first-order valence-corrected chi connectivity index (χ1v) is 7.81. The van der Waals surface area contributed by atoms with E-state index in [1.807, 2.05) is 20.8 Å². The summed E-state index contributed by atoms with van der Waals surface area (Å²) in [5, 5.41) is 11.8. The van der Waals surface area contributed by atoms with Gasteiger partial charge in [0.05, 0.1) is 17.4 Å². The van der Waals surface area contributed by atoms with E-state index in [0.29, 0.717) is 18.0 Å². The second-order valence-electron chi connectivity index (χ2n) is 5.54. The maximum Gasteiger partial charge on any atom is 0.335 e. The van der Waals surface area contributed by atoms with Crippen LogP contribution in [0.25, 0.3) is 0 Å². The molecule has 1 rings (SSSR count). The van der Waals surface area contributed by atoms with Gasteiger partial charge in [0.25, 0.3) is 5.91 Å². The van der Waals surface area contributed by atoms with E-state index >= 15 is 0 Å². The van der Waals surface area contributed by atoms with Gasteiger partial charge in [0.15, 0.2) is 0 Å². The van der Waals surface area contributed by atoms with E-state index in [-0.39, 0.29) is 17.6 Å². The van der Waals surface area contributed by atoms with Crippen molar-refractivity contribution in [2.75, 3.05) is 11.9 Å². The van der Waals surface area contributed by atoms with Crippen molar-refractivity contribution in [1.82, 2.24) is 0 Å². The van der Waals surface area contributed by atoms with Crippen LogP contribution in [0.3, 0.4) is 0 Å². The highest BCUT2D eigenvalue weighted by molar-refractivity contribution is 5.97. The van der Waals surface area contributed by atoms with Gasteiger partial charge in [-0.05, 0) is 45.4 Å². The molecule has 0 fully saturated rings. The molecule has 0 bridgehead atoms. The smallest absolute Gasteiger partial charge is 0.335 e. The third kappa shape index (κ3) is 6.28. The average molecular weight is 323 g/mol. The minimum Gasteiger partial charge on any atom is -0.489 e. The number of anilines is 1. The van der Waals surface area contributed by atoms with Crippen molar-refractivity contribution in [3.63, 3.8) is 0 Å². The van der Waals surface area contributed by atoms with Crippen molar-refractivity contribution in [2.24, 2.45) is 0 Å². The summed E-state index contributed by atoms with van der Waals surface area (Å²) in [6, 6.07) is 4.37. The van der Waals surface area contributed by atoms with Crippen molar-refractivity contribution >= 4 is 17.6 Å². The van der Waals surface area contributed by atoms with Gasteiger partial charge in [-0.3, -0.25) is 4.79 Å². The molecule has 0 heterocycles. The lowest BCUT2D eigenvalue weighted by Gasteiger charge is -2.18. The number of carboxylic acids is 1. The first kappa shape index (κ1) is 19.0. The van der Waals surface area contributed by atoms with Gasteiger partial charge in [0, 0.05) is 6.61 Å². The molecule has 1 aromatic carbocycles. The van der Waals surface area contributed by atoms with Crippen LogP contribution in [0, 0.1) is 0 Å². The SMILES string of the molecule is CCCCOC(C)C(=O)Nc1cc(C(=O)O)ccc1OC(C)C. The first-order valence-electron chi connectivity index (χ1n) is 7.81. The molecule has 6 heteroatoms. The van der Waals surface area contributed by atoms with Crippen LogP contribution in [0.2, 0.25) is 0 Å². The highest BCUT2D eigenvalue weighted by Gasteiger charge is 2.17. The van der Waals surface area contributed by atoms with Gasteiger partial charge in [-0.2, -0.15) is 0 Å². The number of unbranched alkanes of at least 4 members (excludes halogenated alkanes) is 1. The fraction of sp³-hybridized carbons (Fsp3) is 0.529. The van der Waals surface area contributed by atoms with Gasteiger partial charge >= 0.3 is 5.97 Å². The molecule has 6 nitrogen and oxygen atoms in total. The fourth-order valence-electron chi connectivity index (χ4n) is 1.83. The molecule has 23 heavy (non-hydrogen) atoms. The first-order chi connectivity index (χ1) is 10.8. The number of carboxylic acid groups (broad SMARTS) is 1. The maximum atomic E-state index is 12.2. The van der Waals surface area contributed by atoms with Gasteiger partial charge < -0.3 is 19.9 Å². The van der Waals surface area contributed by atoms with Gasteiger partial charge in [0.2, 0.25) is 0 Å². The minimum absolute atomic E-state index is 0.0796. The van der Waals surface area contributed by atoms with Crippen molar-refractivity contribution in [1.29, 1.82) is 0 Å². The van der Waals surface area contributed by atoms with Gasteiger partial charge in [-0.1, -0.05) is 13.3 Å². The molecule has 0 aliphatic rings. The lowest BCUT2D eigenvalue weighted by Crippen LogP contribution is -2.28. The number of hydrogen-bond acceptors (Lipinski definition) is 4. The molecular formula is C17H25NO5. The normalized spacial score (nSPS) is 12.0. The lowest BCUT2D eigenvalue weighted by molar-refractivity contribution is -0.126. The van der Waals surface area contributed by atoms with E-state index in [1.54, 1.807) is 13.0 Å². The highest BCUT2D eigenvalue weighted by Crippen LogP contribution is 2.27. The Bertz CT molecular complexity index is 542. The predicted molar refractivity (Wildman–Crippen MR) is 88.1 cm³/mol. The zero-order valence-electron chi connectivity index (χ0n) is 14.1. The molecule has 1 amide bonds. The number of rotatable bonds is 9. The average Bonchev–Trinajstić information content (AvgIpc) is 2.48. The van der Waals surface area contributed by atoms with Crippen molar-refractivity contribution < 1.29 is 24.2 Å². The fourth-order valence-corrected chi connectivity index (χ4v) is 1.83. The van der Waals surface area contributed by atoms with Gasteiger partial charge in [-0.15, -0.1) is 0 Å². The molecule has 0 saturated heterocycles. The summed E-state index contributed by atoms with van der Waals surface area (Å²) in [6.45, 7) is 7.92. The predicted octanol–water partition coefficient (Wildman–Crippen LogP) is 3.32. The number of hydrogen-bond donors (Lipinski definition) is 2. The molecule has 0 spiro atoms. The standard InChI is InChI=1S/C17H25NO5/c1-5-6-9-22-12(4)16(19)18-14-10-13(17(20)21)7-8-15(14)23-11(2)3/h7-8,10-12H,5-6,9H2,1-4H3,(H,18,19)(H,20,21). The van der Waals surface area contributed by atoms with E-state index in [0.717, 1.165) is 12.8 Å². The molecule has 0 radical (unpaired) electrons. The number of amides is 1. The molecule has 2 N–H and O–H groups in total. The van der Waals surface area contributed by atoms with Gasteiger partial charge in [0.1, 0.15) is 11.9 Å². The van der Waals surface area contributed by atoms with Crippen LogP contribution in [-0.2, 0) is 9.53 Å². The Morgan fingerprint density at radius 1 is 1.26 bits per heavy atom. The lowest BCUT2D eigenvalue weighted by atomic mass is 10.1. The number of aromatic carboxylic acids is 1. The quantitative estimate of drug-likeness (QED) is 0.681. The Morgan fingerprint density at radius 2 is 1.96 bits per heavy atom. The number of benzene rings is 1. The summed E-state index contributed by atoms with van der Waals surface area (Å²) in [7, 11) is 0. The van der Waals surface area contributed by atoms with E-state index in [9.17, 15) is 9.59 Å². The molecule has 0 aromatic heterocycles. The van der Waals surface area contributed by atoms with Crippen molar-refractivity contribution in [3.05, 3.63) is 23.8 Å². The highest BCUT2D eigenvalue weighted by atomic mass is 16.5. The Kier molecular flexibility index (Phi) is 7.54. The molecule has 0 aliphatic heterocycles. The molecular weight excluding hydrogens is 298 g/mol. The summed E-state index contributed by atoms with van der Waals surface area (Å²) in [5.41, 5.74) is 0.408. The molecule has 1 unspecified atom stereocenters. The second-order valence-corrected chi connectivity index (χ2v) is 5.54. The third-order valence-corrected chi connectivity index (χ3v) is 3.08.